The Labute approximate surface area is 172 Å². The Hall–Kier alpha value is -2.57. The van der Waals surface area contributed by atoms with E-state index in [9.17, 15) is 0 Å². The molecule has 0 fully saturated rings. The van der Waals surface area contributed by atoms with Gasteiger partial charge < -0.3 is 4.42 Å². The van der Waals surface area contributed by atoms with Crippen LogP contribution >= 0.6 is 23.4 Å². The van der Waals surface area contributed by atoms with Crippen LogP contribution in [0.5, 0.6) is 0 Å². The molecule has 0 amide bonds. The lowest BCUT2D eigenvalue weighted by molar-refractivity contribution is 0.490. The lowest BCUT2D eigenvalue weighted by Crippen LogP contribution is -2.04. The summed E-state index contributed by atoms with van der Waals surface area (Å²) in [7, 11) is 0. The summed E-state index contributed by atoms with van der Waals surface area (Å²) in [6.45, 7) is 3.81. The fourth-order valence-corrected chi connectivity index (χ4v) is 4.07. The van der Waals surface area contributed by atoms with Crippen molar-refractivity contribution in [3.63, 3.8) is 0 Å². The number of aryl methyl sites for hydroxylation is 2. The van der Waals surface area contributed by atoms with Crippen LogP contribution in [-0.2, 0) is 12.2 Å². The van der Waals surface area contributed by atoms with Crippen LogP contribution in [0, 0.1) is 13.8 Å². The molecule has 142 valence electrons. The predicted octanol–water partition coefficient (Wildman–Crippen LogP) is 5.41. The third-order valence-corrected chi connectivity index (χ3v) is 5.50. The maximum atomic E-state index is 6.08. The largest absolute Gasteiger partial charge is 0.445 e. The second kappa shape index (κ2) is 8.20. The molecule has 0 aliphatic heterocycles. The van der Waals surface area contributed by atoms with Crippen LogP contribution in [0.25, 0.3) is 5.69 Å². The van der Waals surface area contributed by atoms with Crippen molar-refractivity contribution in [1.82, 2.24) is 19.7 Å². The van der Waals surface area contributed by atoms with E-state index in [1.807, 2.05) is 56.3 Å². The summed E-state index contributed by atoms with van der Waals surface area (Å²) in [6.07, 6.45) is 0.692. The minimum absolute atomic E-state index is 0.643. The highest BCUT2D eigenvalue weighted by Crippen LogP contribution is 2.28. The number of thioether (sulfide) groups is 1. The summed E-state index contributed by atoms with van der Waals surface area (Å²) >= 11 is 7.66. The molecule has 2 aromatic heterocycles. The monoisotopic (exact) mass is 410 g/mol. The molecule has 0 saturated heterocycles. The van der Waals surface area contributed by atoms with Gasteiger partial charge >= 0.3 is 0 Å². The van der Waals surface area contributed by atoms with Crippen molar-refractivity contribution in [2.45, 2.75) is 31.2 Å². The third-order valence-electron chi connectivity index (χ3n) is 4.32. The number of oxazole rings is 1. The van der Waals surface area contributed by atoms with Crippen LogP contribution in [0.3, 0.4) is 0 Å². The number of hydrogen-bond donors (Lipinski definition) is 0. The summed E-state index contributed by atoms with van der Waals surface area (Å²) in [5.74, 6) is 3.06. The van der Waals surface area contributed by atoms with Gasteiger partial charge in [-0.2, -0.15) is 0 Å². The number of halogens is 1. The van der Waals surface area contributed by atoms with Crippen LogP contribution in [0.4, 0.5) is 0 Å². The molecule has 0 aliphatic rings. The first kappa shape index (κ1) is 18.8. The molecule has 0 aliphatic carbocycles. The molecule has 7 heteroatoms. The van der Waals surface area contributed by atoms with Gasteiger partial charge in [0.25, 0.3) is 0 Å². The number of benzene rings is 2. The molecular formula is C21H19ClN4OS. The number of hydrogen-bond acceptors (Lipinski definition) is 5. The zero-order valence-electron chi connectivity index (χ0n) is 15.6. The van der Waals surface area contributed by atoms with Gasteiger partial charge in [-0.25, -0.2) is 4.98 Å². The Balaban J connectivity index is 1.67. The second-order valence-electron chi connectivity index (χ2n) is 6.40. The Bertz CT molecular complexity index is 1070. The average molecular weight is 411 g/mol. The van der Waals surface area contributed by atoms with E-state index in [1.54, 1.807) is 11.8 Å². The molecule has 0 N–H and O–H groups in total. The zero-order valence-corrected chi connectivity index (χ0v) is 17.2. The molecule has 2 aromatic carbocycles. The van der Waals surface area contributed by atoms with Gasteiger partial charge in [0, 0.05) is 24.1 Å². The standard InChI is InChI=1S/C21H19ClN4OS/c1-14-19(27-15(2)23-14)13-28-21-25-24-20(12-16-6-4-3-5-7-16)26(21)18-10-8-17(22)9-11-18/h3-11H,12-13H2,1-2H3. The molecule has 0 radical (unpaired) electrons. The smallest absolute Gasteiger partial charge is 0.196 e. The summed E-state index contributed by atoms with van der Waals surface area (Å²) in [5.41, 5.74) is 3.07. The quantitative estimate of drug-likeness (QED) is 0.398. The fourth-order valence-electron chi connectivity index (χ4n) is 2.97. The average Bonchev–Trinajstić information content (AvgIpc) is 3.23. The number of nitrogens with zero attached hydrogens (tertiary/aromatic N) is 4. The lowest BCUT2D eigenvalue weighted by atomic mass is 10.1. The molecule has 0 unspecified atom stereocenters. The summed E-state index contributed by atoms with van der Waals surface area (Å²) in [5, 5.41) is 10.4. The number of aromatic nitrogens is 4. The normalized spacial score (nSPS) is 11.1. The van der Waals surface area contributed by atoms with Gasteiger partial charge in [0.05, 0.1) is 11.4 Å². The van der Waals surface area contributed by atoms with Crippen LogP contribution in [-0.4, -0.2) is 19.7 Å². The van der Waals surface area contributed by atoms with Crippen LogP contribution in [0.1, 0.15) is 28.7 Å². The van der Waals surface area contributed by atoms with E-state index in [1.165, 1.54) is 5.56 Å². The van der Waals surface area contributed by atoms with Crippen molar-refractivity contribution < 1.29 is 4.42 Å². The zero-order chi connectivity index (χ0) is 19.5. The van der Waals surface area contributed by atoms with Gasteiger partial charge in [0.2, 0.25) is 0 Å². The molecule has 2 heterocycles. The first-order valence-electron chi connectivity index (χ1n) is 8.90. The van der Waals surface area contributed by atoms with Gasteiger partial charge in [-0.15, -0.1) is 10.2 Å². The van der Waals surface area contributed by atoms with E-state index < -0.39 is 0 Å². The van der Waals surface area contributed by atoms with E-state index in [2.05, 4.69) is 31.9 Å². The van der Waals surface area contributed by atoms with Gasteiger partial charge in [-0.05, 0) is 36.8 Å². The highest BCUT2D eigenvalue weighted by atomic mass is 35.5. The van der Waals surface area contributed by atoms with E-state index in [4.69, 9.17) is 16.0 Å². The molecule has 28 heavy (non-hydrogen) atoms. The van der Waals surface area contributed by atoms with E-state index in [-0.39, 0.29) is 0 Å². The minimum Gasteiger partial charge on any atom is -0.445 e. The third kappa shape index (κ3) is 4.13. The molecule has 0 bridgehead atoms. The Morgan fingerprint density at radius 2 is 1.75 bits per heavy atom. The lowest BCUT2D eigenvalue weighted by Gasteiger charge is -2.10. The molecule has 5 nitrogen and oxygen atoms in total. The number of rotatable bonds is 6. The van der Waals surface area contributed by atoms with Crippen molar-refractivity contribution in [1.29, 1.82) is 0 Å². The van der Waals surface area contributed by atoms with Crippen molar-refractivity contribution >= 4 is 23.4 Å². The Morgan fingerprint density at radius 1 is 1.00 bits per heavy atom. The Kier molecular flexibility index (Phi) is 5.50. The van der Waals surface area contributed by atoms with E-state index in [0.29, 0.717) is 23.1 Å². The summed E-state index contributed by atoms with van der Waals surface area (Å²) in [4.78, 5) is 4.34. The molecule has 0 spiro atoms. The first-order chi connectivity index (χ1) is 13.6. The van der Waals surface area contributed by atoms with E-state index >= 15 is 0 Å². The molecular weight excluding hydrogens is 392 g/mol. The maximum Gasteiger partial charge on any atom is 0.196 e. The van der Waals surface area contributed by atoms with Crippen LogP contribution in [0.15, 0.2) is 64.2 Å². The summed E-state index contributed by atoms with van der Waals surface area (Å²) < 4.78 is 7.77. The van der Waals surface area contributed by atoms with Crippen LogP contribution in [0.2, 0.25) is 5.02 Å². The first-order valence-corrected chi connectivity index (χ1v) is 10.3. The van der Waals surface area contributed by atoms with Crippen molar-refractivity contribution in [2.24, 2.45) is 0 Å². The topological polar surface area (TPSA) is 56.7 Å². The van der Waals surface area contributed by atoms with Crippen molar-refractivity contribution in [3.05, 3.63) is 88.4 Å². The van der Waals surface area contributed by atoms with Gasteiger partial charge in [0.15, 0.2) is 11.0 Å². The SMILES string of the molecule is Cc1nc(C)c(CSc2nnc(Cc3ccccc3)n2-c2ccc(Cl)cc2)o1. The second-order valence-corrected chi connectivity index (χ2v) is 7.78. The van der Waals surface area contributed by atoms with Gasteiger partial charge in [0.1, 0.15) is 11.6 Å². The summed E-state index contributed by atoms with van der Waals surface area (Å²) in [6, 6.07) is 18.0. The fraction of sp³-hybridized carbons (Fsp3) is 0.190. The van der Waals surface area contributed by atoms with Gasteiger partial charge in [-0.1, -0.05) is 53.7 Å². The molecule has 4 rings (SSSR count). The molecule has 0 atom stereocenters. The molecule has 0 saturated carbocycles. The van der Waals surface area contributed by atoms with Crippen molar-refractivity contribution in [2.75, 3.05) is 0 Å². The van der Waals surface area contributed by atoms with Gasteiger partial charge in [-0.3, -0.25) is 4.57 Å². The minimum atomic E-state index is 0.643. The Morgan fingerprint density at radius 3 is 2.43 bits per heavy atom. The highest BCUT2D eigenvalue weighted by molar-refractivity contribution is 7.98. The maximum absolute atomic E-state index is 6.08. The van der Waals surface area contributed by atoms with Crippen LogP contribution < -0.4 is 0 Å². The van der Waals surface area contributed by atoms with E-state index in [0.717, 1.165) is 28.1 Å². The predicted molar refractivity (Wildman–Crippen MR) is 111 cm³/mol. The van der Waals surface area contributed by atoms with Crippen molar-refractivity contribution in [3.8, 4) is 5.69 Å². The highest BCUT2D eigenvalue weighted by Gasteiger charge is 2.17. The molecule has 4 aromatic rings.